The van der Waals surface area contributed by atoms with Crippen molar-refractivity contribution in [1.29, 1.82) is 0 Å². The molecule has 1 saturated heterocycles. The van der Waals surface area contributed by atoms with Crippen LogP contribution in [0.4, 0.5) is 4.39 Å². The molecule has 0 bridgehead atoms. The molecule has 0 aromatic heterocycles. The van der Waals surface area contributed by atoms with Gasteiger partial charge in [-0.05, 0) is 31.5 Å². The summed E-state index contributed by atoms with van der Waals surface area (Å²) < 4.78 is 12.7. The van der Waals surface area contributed by atoms with Gasteiger partial charge in [0.05, 0.1) is 0 Å². The van der Waals surface area contributed by atoms with Crippen molar-refractivity contribution < 1.29 is 4.39 Å². The molecule has 1 rings (SSSR count). The summed E-state index contributed by atoms with van der Waals surface area (Å²) in [4.78, 5) is 0. The highest BCUT2D eigenvalue weighted by molar-refractivity contribution is 5.11. The van der Waals surface area contributed by atoms with E-state index in [0.717, 1.165) is 31.5 Å². The number of halogens is 1. The van der Waals surface area contributed by atoms with Crippen LogP contribution in [0.1, 0.15) is 12.8 Å². The Hall–Kier alpha value is -0.410. The highest BCUT2D eigenvalue weighted by Gasteiger charge is 2.08. The average Bonchev–Trinajstić information content (AvgIpc) is 2.05. The van der Waals surface area contributed by atoms with Gasteiger partial charge in [0.1, 0.15) is 5.83 Å². The van der Waals surface area contributed by atoms with Crippen molar-refractivity contribution in [2.24, 2.45) is 5.73 Å². The number of piperidine rings is 1. The molecule has 58 valence electrons. The van der Waals surface area contributed by atoms with Crippen molar-refractivity contribution in [2.75, 3.05) is 19.6 Å². The van der Waals surface area contributed by atoms with E-state index in [9.17, 15) is 4.39 Å². The van der Waals surface area contributed by atoms with Crippen molar-refractivity contribution >= 4 is 0 Å². The van der Waals surface area contributed by atoms with Crippen LogP contribution in [0, 0.1) is 0 Å². The minimum atomic E-state index is -0.110. The standard InChI is InChI=1S/C7H13FN2/c8-7(5-9)6-1-3-10-4-2-6/h10H,1-5,9H2. The van der Waals surface area contributed by atoms with Gasteiger partial charge in [0.25, 0.3) is 0 Å². The van der Waals surface area contributed by atoms with Gasteiger partial charge in [-0.1, -0.05) is 0 Å². The Labute approximate surface area is 60.3 Å². The Balaban J connectivity index is 2.51. The second-order valence-corrected chi connectivity index (χ2v) is 2.46. The number of nitrogens with one attached hydrogen (secondary N) is 1. The highest BCUT2D eigenvalue weighted by Crippen LogP contribution is 2.15. The number of hydrogen-bond donors (Lipinski definition) is 2. The topological polar surface area (TPSA) is 38.0 Å². The van der Waals surface area contributed by atoms with Gasteiger partial charge in [-0.3, -0.25) is 0 Å². The Bertz CT molecular complexity index is 135. The maximum absolute atomic E-state index is 12.7. The van der Waals surface area contributed by atoms with Gasteiger partial charge in [-0.25, -0.2) is 4.39 Å². The third kappa shape index (κ3) is 1.78. The number of nitrogens with two attached hydrogens (primary N) is 1. The first-order chi connectivity index (χ1) is 4.84. The summed E-state index contributed by atoms with van der Waals surface area (Å²) >= 11 is 0. The fourth-order valence-corrected chi connectivity index (χ4v) is 1.14. The minimum Gasteiger partial charge on any atom is -0.325 e. The van der Waals surface area contributed by atoms with Gasteiger partial charge < -0.3 is 11.1 Å². The van der Waals surface area contributed by atoms with Crippen molar-refractivity contribution in [2.45, 2.75) is 12.8 Å². The Kier molecular flexibility index (Phi) is 2.83. The third-order valence-electron chi connectivity index (χ3n) is 1.77. The average molecular weight is 144 g/mol. The molecule has 0 saturated carbocycles. The molecule has 0 aliphatic carbocycles. The fraction of sp³-hybridized carbons (Fsp3) is 0.714. The normalized spacial score (nSPS) is 19.2. The lowest BCUT2D eigenvalue weighted by atomic mass is 10.0. The summed E-state index contributed by atoms with van der Waals surface area (Å²) in [5.41, 5.74) is 6.05. The van der Waals surface area contributed by atoms with E-state index in [4.69, 9.17) is 5.73 Å². The predicted octanol–water partition coefficient (Wildman–Crippen LogP) is 0.552. The summed E-state index contributed by atoms with van der Waals surface area (Å²) in [6.07, 6.45) is 1.64. The van der Waals surface area contributed by atoms with E-state index >= 15 is 0 Å². The Morgan fingerprint density at radius 3 is 2.60 bits per heavy atom. The van der Waals surface area contributed by atoms with Gasteiger partial charge in [-0.2, -0.15) is 0 Å². The van der Waals surface area contributed by atoms with Gasteiger partial charge >= 0.3 is 0 Å². The van der Waals surface area contributed by atoms with Gasteiger partial charge in [-0.15, -0.1) is 0 Å². The molecule has 1 fully saturated rings. The molecule has 0 radical (unpaired) electrons. The molecule has 3 heteroatoms. The molecule has 10 heavy (non-hydrogen) atoms. The molecule has 0 amide bonds. The molecular formula is C7H13FN2. The molecule has 2 nitrogen and oxygen atoms in total. The lowest BCUT2D eigenvalue weighted by Gasteiger charge is -2.15. The van der Waals surface area contributed by atoms with Crippen molar-refractivity contribution in [3.05, 3.63) is 11.4 Å². The molecule has 0 aromatic carbocycles. The quantitative estimate of drug-likeness (QED) is 0.564. The second-order valence-electron chi connectivity index (χ2n) is 2.46. The molecule has 1 heterocycles. The van der Waals surface area contributed by atoms with Crippen LogP contribution >= 0.6 is 0 Å². The van der Waals surface area contributed by atoms with Gasteiger partial charge in [0, 0.05) is 6.54 Å². The molecule has 0 atom stereocenters. The fourth-order valence-electron chi connectivity index (χ4n) is 1.14. The molecule has 0 aromatic rings. The number of rotatable bonds is 1. The van der Waals surface area contributed by atoms with E-state index in [1.54, 1.807) is 0 Å². The molecule has 0 unspecified atom stereocenters. The zero-order valence-corrected chi connectivity index (χ0v) is 5.99. The monoisotopic (exact) mass is 144 g/mol. The van der Waals surface area contributed by atoms with E-state index in [2.05, 4.69) is 5.32 Å². The van der Waals surface area contributed by atoms with E-state index in [1.807, 2.05) is 0 Å². The smallest absolute Gasteiger partial charge is 0.113 e. The zero-order chi connectivity index (χ0) is 7.40. The first-order valence-corrected chi connectivity index (χ1v) is 3.61. The van der Waals surface area contributed by atoms with Crippen LogP contribution in [0.15, 0.2) is 11.4 Å². The first-order valence-electron chi connectivity index (χ1n) is 3.61. The molecule has 3 N–H and O–H groups in total. The summed E-state index contributed by atoms with van der Waals surface area (Å²) in [5, 5.41) is 3.15. The molecule has 1 aliphatic heterocycles. The summed E-state index contributed by atoms with van der Waals surface area (Å²) in [6.45, 7) is 1.85. The Morgan fingerprint density at radius 1 is 1.50 bits per heavy atom. The van der Waals surface area contributed by atoms with Crippen LogP contribution < -0.4 is 11.1 Å². The highest BCUT2D eigenvalue weighted by atomic mass is 19.1. The van der Waals surface area contributed by atoms with Crippen LogP contribution in [-0.2, 0) is 0 Å². The summed E-state index contributed by atoms with van der Waals surface area (Å²) in [7, 11) is 0. The van der Waals surface area contributed by atoms with E-state index in [0.29, 0.717) is 0 Å². The van der Waals surface area contributed by atoms with Crippen LogP contribution in [0.2, 0.25) is 0 Å². The molecular weight excluding hydrogens is 131 g/mol. The first kappa shape index (κ1) is 7.69. The lowest BCUT2D eigenvalue weighted by molar-refractivity contribution is 0.543. The van der Waals surface area contributed by atoms with Crippen molar-refractivity contribution in [3.8, 4) is 0 Å². The van der Waals surface area contributed by atoms with Crippen LogP contribution in [-0.4, -0.2) is 19.6 Å². The van der Waals surface area contributed by atoms with Gasteiger partial charge in [0.2, 0.25) is 0 Å². The van der Waals surface area contributed by atoms with Crippen LogP contribution in [0.3, 0.4) is 0 Å². The Morgan fingerprint density at radius 2 is 2.10 bits per heavy atom. The van der Waals surface area contributed by atoms with Gasteiger partial charge in [0.15, 0.2) is 0 Å². The predicted molar refractivity (Wildman–Crippen MR) is 39.3 cm³/mol. The molecule has 0 spiro atoms. The molecule has 1 aliphatic rings. The second kappa shape index (κ2) is 3.68. The van der Waals surface area contributed by atoms with E-state index in [-0.39, 0.29) is 12.4 Å². The maximum atomic E-state index is 12.7. The SMILES string of the molecule is NCC(F)=C1CCNCC1. The zero-order valence-electron chi connectivity index (χ0n) is 5.99. The lowest BCUT2D eigenvalue weighted by Crippen LogP contribution is -2.24. The van der Waals surface area contributed by atoms with Crippen LogP contribution in [0.5, 0.6) is 0 Å². The number of hydrogen-bond acceptors (Lipinski definition) is 2. The minimum absolute atomic E-state index is 0.0648. The van der Waals surface area contributed by atoms with Crippen molar-refractivity contribution in [3.63, 3.8) is 0 Å². The van der Waals surface area contributed by atoms with E-state index < -0.39 is 0 Å². The van der Waals surface area contributed by atoms with E-state index in [1.165, 1.54) is 0 Å². The van der Waals surface area contributed by atoms with Crippen LogP contribution in [0.25, 0.3) is 0 Å². The van der Waals surface area contributed by atoms with Crippen molar-refractivity contribution in [1.82, 2.24) is 5.32 Å². The maximum Gasteiger partial charge on any atom is 0.113 e. The summed E-state index contributed by atoms with van der Waals surface area (Å²) in [5.74, 6) is -0.110. The summed E-state index contributed by atoms with van der Waals surface area (Å²) in [6, 6.07) is 0. The third-order valence-corrected chi connectivity index (χ3v) is 1.77. The largest absolute Gasteiger partial charge is 0.325 e.